The van der Waals surface area contributed by atoms with Crippen molar-refractivity contribution in [3.8, 4) is 0 Å². The summed E-state index contributed by atoms with van der Waals surface area (Å²) in [7, 11) is 0. The van der Waals surface area contributed by atoms with Crippen molar-refractivity contribution in [2.45, 2.75) is 30.5 Å². The first kappa shape index (κ1) is 9.85. The molecular formula is C6H11O6. The van der Waals surface area contributed by atoms with Crippen LogP contribution in [0.3, 0.4) is 0 Å². The zero-order valence-corrected chi connectivity index (χ0v) is 6.17. The van der Waals surface area contributed by atoms with Gasteiger partial charge in [-0.2, -0.15) is 0 Å². The van der Waals surface area contributed by atoms with Crippen molar-refractivity contribution in [1.29, 1.82) is 0 Å². The second-order valence-corrected chi connectivity index (χ2v) is 2.90. The summed E-state index contributed by atoms with van der Waals surface area (Å²) >= 11 is 0. The van der Waals surface area contributed by atoms with Crippen molar-refractivity contribution in [1.82, 2.24) is 0 Å². The molecule has 1 radical (unpaired) electrons. The molecule has 0 aliphatic heterocycles. The van der Waals surface area contributed by atoms with Gasteiger partial charge in [-0.15, -0.1) is 0 Å². The van der Waals surface area contributed by atoms with E-state index in [0.29, 0.717) is 0 Å². The van der Waals surface area contributed by atoms with Crippen molar-refractivity contribution in [3.63, 3.8) is 0 Å². The fourth-order valence-electron chi connectivity index (χ4n) is 1.09. The average molecular weight is 179 g/mol. The van der Waals surface area contributed by atoms with E-state index in [9.17, 15) is 0 Å². The van der Waals surface area contributed by atoms with Crippen LogP contribution in [0, 0.1) is 6.10 Å². The molecule has 1 aliphatic carbocycles. The molecule has 12 heavy (non-hydrogen) atoms. The second kappa shape index (κ2) is 2.63. The average Bonchev–Trinajstić information content (AvgIpc) is 1.96. The summed E-state index contributed by atoms with van der Waals surface area (Å²) < 4.78 is 0. The minimum Gasteiger partial charge on any atom is -0.387 e. The van der Waals surface area contributed by atoms with Gasteiger partial charge in [0.1, 0.15) is 6.10 Å². The number of hydrogen-bond acceptors (Lipinski definition) is 6. The lowest BCUT2D eigenvalue weighted by Crippen LogP contribution is -2.66. The van der Waals surface area contributed by atoms with Gasteiger partial charge in [-0.3, -0.25) is 0 Å². The predicted octanol–water partition coefficient (Wildman–Crippen LogP) is -2.59. The van der Waals surface area contributed by atoms with Crippen LogP contribution in [0.4, 0.5) is 0 Å². The van der Waals surface area contributed by atoms with E-state index in [2.05, 4.69) is 0 Å². The maximum absolute atomic E-state index is 8.97. The molecule has 6 heteroatoms. The number of rotatable bonds is 0. The molecule has 0 heterocycles. The monoisotopic (exact) mass is 179 g/mol. The summed E-state index contributed by atoms with van der Waals surface area (Å²) in [4.78, 5) is 0. The zero-order chi connectivity index (χ0) is 9.57. The van der Waals surface area contributed by atoms with Crippen LogP contribution in [0.25, 0.3) is 0 Å². The smallest absolute Gasteiger partial charge is 0.254 e. The molecule has 71 valence electrons. The highest BCUT2D eigenvalue weighted by Crippen LogP contribution is 2.37. The Balaban J connectivity index is 2.92. The van der Waals surface area contributed by atoms with Crippen LogP contribution < -0.4 is 0 Å². The van der Waals surface area contributed by atoms with Gasteiger partial charge in [0, 0.05) is 0 Å². The summed E-state index contributed by atoms with van der Waals surface area (Å²) in [6, 6.07) is 0. The van der Waals surface area contributed by atoms with Crippen LogP contribution >= 0.6 is 0 Å². The van der Waals surface area contributed by atoms with Crippen molar-refractivity contribution in [3.05, 3.63) is 6.10 Å². The Labute approximate surface area is 68.3 Å². The molecule has 6 nitrogen and oxygen atoms in total. The highest BCUT2D eigenvalue weighted by molar-refractivity contribution is 5.07. The molecule has 6 N–H and O–H groups in total. The first-order valence-corrected chi connectivity index (χ1v) is 3.43. The van der Waals surface area contributed by atoms with Crippen molar-refractivity contribution in [2.75, 3.05) is 0 Å². The number of aliphatic hydroxyl groups is 6. The second-order valence-electron chi connectivity index (χ2n) is 2.90. The topological polar surface area (TPSA) is 121 Å². The Morgan fingerprint density at radius 2 is 1.67 bits per heavy atom. The number of aliphatic hydroxyl groups excluding tert-OH is 2. The Hall–Kier alpha value is -0.240. The first-order valence-electron chi connectivity index (χ1n) is 3.43. The van der Waals surface area contributed by atoms with Crippen LogP contribution in [0.1, 0.15) is 12.8 Å². The number of hydrogen-bond donors (Lipinski definition) is 6. The van der Waals surface area contributed by atoms with E-state index < -0.39 is 23.8 Å². The van der Waals surface area contributed by atoms with Crippen molar-refractivity contribution in [2.24, 2.45) is 0 Å². The summed E-state index contributed by atoms with van der Waals surface area (Å²) in [5.74, 6) is -6.28. The van der Waals surface area contributed by atoms with Crippen LogP contribution in [0.5, 0.6) is 0 Å². The van der Waals surface area contributed by atoms with Gasteiger partial charge >= 0.3 is 0 Å². The molecule has 0 spiro atoms. The third kappa shape index (κ3) is 1.13. The molecule has 1 saturated carbocycles. The molecule has 0 amide bonds. The van der Waals surface area contributed by atoms with E-state index in [1.807, 2.05) is 0 Å². The Kier molecular flexibility index (Phi) is 2.15. The van der Waals surface area contributed by atoms with Gasteiger partial charge in [0.05, 0.1) is 0 Å². The minimum absolute atomic E-state index is 0.137. The van der Waals surface area contributed by atoms with E-state index in [0.717, 1.165) is 0 Å². The Morgan fingerprint density at radius 1 is 1.17 bits per heavy atom. The van der Waals surface area contributed by atoms with Crippen LogP contribution in [-0.4, -0.2) is 48.3 Å². The van der Waals surface area contributed by atoms with Gasteiger partial charge in [0.2, 0.25) is 5.79 Å². The highest BCUT2D eigenvalue weighted by Gasteiger charge is 2.60. The molecule has 0 aromatic heterocycles. The van der Waals surface area contributed by atoms with Gasteiger partial charge in [0.15, 0.2) is 6.10 Å². The lowest BCUT2D eigenvalue weighted by molar-refractivity contribution is -0.399. The predicted molar refractivity (Wildman–Crippen MR) is 34.8 cm³/mol. The fraction of sp³-hybridized carbons (Fsp3) is 0.833. The largest absolute Gasteiger partial charge is 0.387 e. The molecule has 1 unspecified atom stereocenters. The summed E-state index contributed by atoms with van der Waals surface area (Å²) in [5, 5.41) is 53.7. The maximum Gasteiger partial charge on any atom is 0.254 e. The van der Waals surface area contributed by atoms with E-state index >= 15 is 0 Å². The molecule has 1 rings (SSSR count). The van der Waals surface area contributed by atoms with Crippen LogP contribution in [0.2, 0.25) is 0 Å². The van der Waals surface area contributed by atoms with Gasteiger partial charge in [-0.1, -0.05) is 0 Å². The van der Waals surface area contributed by atoms with E-state index in [1.165, 1.54) is 0 Å². The van der Waals surface area contributed by atoms with Crippen molar-refractivity contribution < 1.29 is 30.6 Å². The molecular weight excluding hydrogens is 168 g/mol. The first-order chi connectivity index (χ1) is 5.30. The lowest BCUT2D eigenvalue weighted by Gasteiger charge is -2.43. The van der Waals surface area contributed by atoms with Gasteiger partial charge in [0.25, 0.3) is 5.79 Å². The van der Waals surface area contributed by atoms with Crippen LogP contribution in [0.15, 0.2) is 0 Å². The maximum atomic E-state index is 8.97. The molecule has 1 aliphatic rings. The highest BCUT2D eigenvalue weighted by atomic mass is 16.6. The third-order valence-electron chi connectivity index (χ3n) is 2.03. The molecule has 0 aromatic rings. The standard InChI is InChI=1S/C6H11O6/c7-3-1-2-4(8)6(11,12)5(3,9)10/h3,7-12H,1-2H2. The SMILES string of the molecule is O[C]1CCC(O)C(O)(O)C1(O)O. The summed E-state index contributed by atoms with van der Waals surface area (Å²) in [5.41, 5.74) is 0. The van der Waals surface area contributed by atoms with Gasteiger partial charge in [-0.25, -0.2) is 0 Å². The minimum atomic E-state index is -3.16. The van der Waals surface area contributed by atoms with Crippen LogP contribution in [-0.2, 0) is 0 Å². The van der Waals surface area contributed by atoms with Gasteiger partial charge < -0.3 is 30.6 Å². The Bertz CT molecular complexity index is 157. The summed E-state index contributed by atoms with van der Waals surface area (Å²) in [6.45, 7) is 0. The van der Waals surface area contributed by atoms with E-state index in [4.69, 9.17) is 30.6 Å². The normalized spacial score (nSPS) is 35.0. The van der Waals surface area contributed by atoms with Crippen molar-refractivity contribution >= 4 is 0 Å². The molecule has 1 atom stereocenters. The van der Waals surface area contributed by atoms with E-state index in [-0.39, 0.29) is 12.8 Å². The van der Waals surface area contributed by atoms with Gasteiger partial charge in [-0.05, 0) is 12.8 Å². The fourth-order valence-corrected chi connectivity index (χ4v) is 1.09. The third-order valence-corrected chi connectivity index (χ3v) is 2.03. The Morgan fingerprint density at radius 3 is 2.08 bits per heavy atom. The molecule has 0 saturated heterocycles. The zero-order valence-electron chi connectivity index (χ0n) is 6.17. The molecule has 0 aromatic carbocycles. The van der Waals surface area contributed by atoms with E-state index in [1.54, 1.807) is 0 Å². The molecule has 1 fully saturated rings. The lowest BCUT2D eigenvalue weighted by atomic mass is 9.83. The molecule has 0 bridgehead atoms. The summed E-state index contributed by atoms with van der Waals surface area (Å²) in [6.07, 6.45) is -2.88. The quantitative estimate of drug-likeness (QED) is 0.227.